The summed E-state index contributed by atoms with van der Waals surface area (Å²) in [4.78, 5) is 149. The number of amides is 9. The first-order valence-electron chi connectivity index (χ1n) is 26.5. The first kappa shape index (κ1) is 69.0. The topological polar surface area (TPSA) is 515 Å². The highest BCUT2D eigenvalue weighted by Crippen LogP contribution is 2.20. The number of carboxylic acids is 1. The fourth-order valence-corrected chi connectivity index (χ4v) is 8.63. The predicted octanol–water partition coefficient (Wildman–Crippen LogP) is -6.05. The number of hydrogen-bond donors (Lipinski definition) is 21. The lowest BCUT2D eigenvalue weighted by Gasteiger charge is -2.28. The van der Waals surface area contributed by atoms with Crippen molar-refractivity contribution in [3.05, 3.63) is 84.1 Å². The van der Waals surface area contributed by atoms with Crippen LogP contribution in [0.15, 0.2) is 72.2 Å². The third-order valence-corrected chi connectivity index (χ3v) is 13.7. The van der Waals surface area contributed by atoms with Gasteiger partial charge in [-0.3, -0.25) is 48.1 Å². The number of aromatic amines is 2. The molecule has 4 rings (SSSR count). The Balaban J connectivity index is 1.52. The lowest BCUT2D eigenvalue weighted by atomic mass is 10.00. The zero-order chi connectivity index (χ0) is 62.9. The van der Waals surface area contributed by atoms with E-state index in [0.717, 1.165) is 0 Å². The Kier molecular flexibility index (Phi) is 27.9. The number of H-pyrrole nitrogens is 2. The number of rotatable bonds is 35. The molecule has 2 aromatic carbocycles. The van der Waals surface area contributed by atoms with E-state index in [1.54, 1.807) is 30.5 Å². The molecule has 0 bridgehead atoms. The molecule has 85 heavy (non-hydrogen) atoms. The number of aromatic hydroxyl groups is 1. The number of aliphatic imine (C=N–C) groups is 1. The van der Waals surface area contributed by atoms with Gasteiger partial charge in [-0.15, -0.1) is 0 Å². The van der Waals surface area contributed by atoms with Crippen molar-refractivity contribution >= 4 is 101 Å². The van der Waals surface area contributed by atoms with Crippen LogP contribution in [0, 0.1) is 5.92 Å². The Hall–Kier alpha value is -8.50. The number of aromatic nitrogens is 3. The maximum absolute atomic E-state index is 14.3. The molecule has 0 fully saturated rings. The molecular weight excluding hydrogens is 1150 g/mol. The second-order valence-corrected chi connectivity index (χ2v) is 20.5. The Bertz CT molecular complexity index is 2950. The SMILES string of the molecule is CC(C)[C@H](NC(=O)[C@H](Cc1ccc(O)cc1)NC(=O)[C@H](CO)NC(=O)[C@H](Cc1cnc[nH]1)NC(=O)[C@H](CCCN=C(N)N)NC(=O)[C@@H](N)CS)C(=O)N[C@@H](CO)C(=O)N[C@@H](CO)C(=O)N[C@@H](Cc1c[nH]c2ccccc12)C(=O)N[C@@H](CS)C(=O)O. The van der Waals surface area contributed by atoms with E-state index in [1.807, 2.05) is 0 Å². The number of nitrogens with two attached hydrogens (primary N) is 3. The van der Waals surface area contributed by atoms with Gasteiger partial charge in [0.25, 0.3) is 0 Å². The largest absolute Gasteiger partial charge is 0.508 e. The summed E-state index contributed by atoms with van der Waals surface area (Å²) in [5.41, 5.74) is 18.6. The molecule has 0 spiro atoms. The van der Waals surface area contributed by atoms with E-state index in [0.29, 0.717) is 27.7 Å². The molecule has 0 unspecified atom stereocenters. The number of para-hydroxylation sites is 1. The highest BCUT2D eigenvalue weighted by Gasteiger charge is 2.36. The van der Waals surface area contributed by atoms with Crippen LogP contribution in [0.3, 0.4) is 0 Å². The van der Waals surface area contributed by atoms with Crippen molar-refractivity contribution in [2.45, 2.75) is 106 Å². The van der Waals surface area contributed by atoms with Gasteiger partial charge in [0.15, 0.2) is 5.96 Å². The van der Waals surface area contributed by atoms with Crippen LogP contribution in [-0.2, 0) is 67.2 Å². The number of phenols is 1. The molecule has 4 aromatic rings. The number of nitrogens with one attached hydrogen (secondary N) is 11. The van der Waals surface area contributed by atoms with Crippen LogP contribution in [0.25, 0.3) is 10.9 Å². The minimum absolute atomic E-state index is 0.0307. The zero-order valence-corrected chi connectivity index (χ0v) is 48.1. The van der Waals surface area contributed by atoms with E-state index in [1.165, 1.54) is 50.6 Å². The normalized spacial score (nSPS) is 14.7. The van der Waals surface area contributed by atoms with Crippen molar-refractivity contribution in [1.29, 1.82) is 0 Å². The minimum Gasteiger partial charge on any atom is -0.508 e. The molecule has 0 radical (unpaired) electrons. The Morgan fingerprint density at radius 2 is 1.07 bits per heavy atom. The van der Waals surface area contributed by atoms with Gasteiger partial charge in [0, 0.05) is 66.3 Å². The summed E-state index contributed by atoms with van der Waals surface area (Å²) in [6, 6.07) is -3.01. The van der Waals surface area contributed by atoms with Crippen LogP contribution in [0.4, 0.5) is 0 Å². The molecule has 2 aromatic heterocycles. The predicted molar refractivity (Wildman–Crippen MR) is 313 cm³/mol. The second-order valence-electron chi connectivity index (χ2n) is 19.7. The van der Waals surface area contributed by atoms with Crippen molar-refractivity contribution in [2.75, 3.05) is 37.9 Å². The molecule has 0 aliphatic carbocycles. The van der Waals surface area contributed by atoms with E-state index < -0.39 is 145 Å². The molecule has 33 heteroatoms. The number of aliphatic carboxylic acids is 1. The summed E-state index contributed by atoms with van der Waals surface area (Å²) in [5, 5.41) is 73.0. The van der Waals surface area contributed by atoms with Crippen molar-refractivity contribution in [3.63, 3.8) is 0 Å². The number of benzene rings is 2. The minimum atomic E-state index is -1.84. The molecule has 0 aliphatic heterocycles. The van der Waals surface area contributed by atoms with Gasteiger partial charge < -0.3 is 101 Å². The van der Waals surface area contributed by atoms with E-state index in [2.05, 4.69) is 93.1 Å². The fraction of sp³-hybridized carbons (Fsp3) is 0.462. The van der Waals surface area contributed by atoms with Gasteiger partial charge in [0.2, 0.25) is 53.2 Å². The molecule has 0 saturated heterocycles. The van der Waals surface area contributed by atoms with Crippen LogP contribution in [-0.4, -0.2) is 204 Å². The average molecular weight is 1230 g/mol. The van der Waals surface area contributed by atoms with Crippen molar-refractivity contribution < 1.29 is 73.5 Å². The van der Waals surface area contributed by atoms with Crippen molar-refractivity contribution in [3.8, 4) is 5.75 Å². The number of guanidine groups is 1. The first-order chi connectivity index (χ1) is 40.4. The summed E-state index contributed by atoms with van der Waals surface area (Å²) in [7, 11) is 0. The molecule has 9 amide bonds. The van der Waals surface area contributed by atoms with Crippen LogP contribution in [0.5, 0.6) is 5.75 Å². The van der Waals surface area contributed by atoms with E-state index in [4.69, 9.17) is 17.2 Å². The number of aliphatic hydroxyl groups is 3. The summed E-state index contributed by atoms with van der Waals surface area (Å²) in [5.74, 6) is -12.0. The molecule has 464 valence electrons. The van der Waals surface area contributed by atoms with Crippen molar-refractivity contribution in [2.24, 2.45) is 28.1 Å². The van der Waals surface area contributed by atoms with E-state index >= 15 is 0 Å². The molecule has 31 nitrogen and oxygen atoms in total. The van der Waals surface area contributed by atoms with Gasteiger partial charge in [-0.2, -0.15) is 25.3 Å². The van der Waals surface area contributed by atoms with Crippen molar-refractivity contribution in [1.82, 2.24) is 62.8 Å². The van der Waals surface area contributed by atoms with Crippen LogP contribution < -0.4 is 65.1 Å². The Labute approximate surface area is 497 Å². The summed E-state index contributed by atoms with van der Waals surface area (Å²) < 4.78 is 0. The Morgan fingerprint density at radius 3 is 1.58 bits per heavy atom. The number of phenolic OH excluding ortho intramolecular Hbond substituents is 1. The molecule has 0 aliphatic rings. The lowest BCUT2D eigenvalue weighted by molar-refractivity contribution is -0.141. The maximum atomic E-state index is 14.3. The van der Waals surface area contributed by atoms with E-state index in [-0.39, 0.29) is 61.9 Å². The van der Waals surface area contributed by atoms with Crippen LogP contribution >= 0.6 is 25.3 Å². The number of imidazole rings is 1. The second kappa shape index (κ2) is 34.3. The number of carbonyl (C=O) groups excluding carboxylic acids is 9. The van der Waals surface area contributed by atoms with Gasteiger partial charge in [0.1, 0.15) is 60.1 Å². The molecule has 0 saturated carbocycles. The molecule has 2 heterocycles. The lowest BCUT2D eigenvalue weighted by Crippen LogP contribution is -2.62. The smallest absolute Gasteiger partial charge is 0.327 e. The zero-order valence-electron chi connectivity index (χ0n) is 46.3. The highest BCUT2D eigenvalue weighted by atomic mass is 32.1. The third-order valence-electron chi connectivity index (χ3n) is 13.0. The number of carboxylic acid groups (broad SMARTS) is 1. The van der Waals surface area contributed by atoms with Crippen LogP contribution in [0.2, 0.25) is 0 Å². The summed E-state index contributed by atoms with van der Waals surface area (Å²) in [6.45, 7) is -0.143. The number of thiol groups is 2. The Morgan fingerprint density at radius 1 is 0.588 bits per heavy atom. The number of nitrogens with zero attached hydrogens (tertiary/aromatic N) is 2. The van der Waals surface area contributed by atoms with Gasteiger partial charge in [-0.1, -0.05) is 44.2 Å². The summed E-state index contributed by atoms with van der Waals surface area (Å²) >= 11 is 8.02. The number of hydrogen-bond acceptors (Lipinski definition) is 19. The molecule has 22 N–H and O–H groups in total. The standard InChI is InChI=1S/C52H74N16O15S2/c1-25(2)41(50(81)66-39(21-71)49(80)65-38(20-70)48(79)62-35(44(75)67-40(23-85)51(82)83)15-27-17-58-32-7-4-3-6-30(27)32)68-46(77)34(14-26-9-11-29(72)12-10-26)61-47(78)37(19-69)64-45(76)36(16-28-18-56-24-59-28)63-43(74)33(8-5-13-57-52(54)55)60-42(73)31(53)22-84/h3-4,6-7,9-12,17-18,24-25,31,33-41,58,69-72,84-85H,5,8,13-16,19-23,53H2,1-2H3,(H,56,59)(H,60,73)(H,61,78)(H,62,79)(H,63,74)(H,64,76)(H,65,80)(H,66,81)(H,67,75)(H,68,77)(H,82,83)(H4,54,55,57)/t31-,33-,34-,35-,36-,37-,38-,39-,40-,41-/m0/s1. The van der Waals surface area contributed by atoms with Gasteiger partial charge in [0.05, 0.1) is 32.2 Å². The number of fused-ring (bicyclic) bond motifs is 1. The quantitative estimate of drug-likeness (QED) is 0.00882. The maximum Gasteiger partial charge on any atom is 0.327 e. The monoisotopic (exact) mass is 1230 g/mol. The van der Waals surface area contributed by atoms with Gasteiger partial charge in [-0.05, 0) is 48.1 Å². The van der Waals surface area contributed by atoms with Gasteiger partial charge >= 0.3 is 5.97 Å². The molecule has 10 atom stereocenters. The average Bonchev–Trinajstić information content (AvgIpc) is 4.40. The van der Waals surface area contributed by atoms with E-state index in [9.17, 15) is 73.5 Å². The number of aliphatic hydroxyl groups excluding tert-OH is 3. The number of carbonyl (C=O) groups is 10. The first-order valence-corrected chi connectivity index (χ1v) is 27.8. The summed E-state index contributed by atoms with van der Waals surface area (Å²) in [6.07, 6.45) is 3.62. The highest BCUT2D eigenvalue weighted by molar-refractivity contribution is 7.80. The van der Waals surface area contributed by atoms with Gasteiger partial charge in [-0.25, -0.2) is 9.78 Å². The molecular formula is C52H74N16O15S2. The fourth-order valence-electron chi connectivity index (χ4n) is 8.22. The van der Waals surface area contributed by atoms with Crippen LogP contribution in [0.1, 0.15) is 43.5 Å². The third kappa shape index (κ3) is 21.6.